The zero-order valence-electron chi connectivity index (χ0n) is 14.9. The van der Waals surface area contributed by atoms with Gasteiger partial charge in [0.25, 0.3) is 10.0 Å². The molecule has 0 spiro atoms. The highest BCUT2D eigenvalue weighted by Gasteiger charge is 2.41. The Balaban J connectivity index is 1.61. The number of benzene rings is 1. The van der Waals surface area contributed by atoms with Gasteiger partial charge in [-0.15, -0.1) is 4.40 Å². The van der Waals surface area contributed by atoms with Gasteiger partial charge in [-0.3, -0.25) is 4.79 Å². The number of rotatable bonds is 2. The molecular weight excluding hydrogens is 352 g/mol. The SMILES string of the molecule is CNC1CCCN(C(=O)C2CCCN2C2=NS(=O)(=O)c3ccccc32)C1. The van der Waals surface area contributed by atoms with E-state index in [1.165, 1.54) is 0 Å². The highest BCUT2D eigenvalue weighted by Crippen LogP contribution is 2.31. The van der Waals surface area contributed by atoms with E-state index in [0.29, 0.717) is 30.5 Å². The number of fused-ring (bicyclic) bond motifs is 1. The number of amidine groups is 1. The van der Waals surface area contributed by atoms with E-state index in [0.717, 1.165) is 32.2 Å². The molecule has 1 amide bonds. The van der Waals surface area contributed by atoms with E-state index in [2.05, 4.69) is 9.71 Å². The van der Waals surface area contributed by atoms with Gasteiger partial charge in [0.05, 0.1) is 0 Å². The maximum Gasteiger partial charge on any atom is 0.285 e. The maximum absolute atomic E-state index is 13.2. The Kier molecular flexibility index (Phi) is 4.48. The van der Waals surface area contributed by atoms with E-state index >= 15 is 0 Å². The van der Waals surface area contributed by atoms with Gasteiger partial charge in [0.15, 0.2) is 5.84 Å². The summed E-state index contributed by atoms with van der Waals surface area (Å²) >= 11 is 0. The molecule has 1 aromatic rings. The highest BCUT2D eigenvalue weighted by molar-refractivity contribution is 7.90. The van der Waals surface area contributed by atoms with Crippen LogP contribution in [0.25, 0.3) is 0 Å². The van der Waals surface area contributed by atoms with Crippen molar-refractivity contribution in [2.75, 3.05) is 26.7 Å². The highest BCUT2D eigenvalue weighted by atomic mass is 32.2. The second-order valence-electron chi connectivity index (χ2n) is 7.15. The lowest BCUT2D eigenvalue weighted by Crippen LogP contribution is -2.53. The number of piperidine rings is 1. The first-order valence-electron chi connectivity index (χ1n) is 9.18. The number of likely N-dealkylation sites (N-methyl/N-ethyl adjacent to an activating group) is 1. The molecule has 0 aliphatic carbocycles. The number of nitrogens with zero attached hydrogens (tertiary/aromatic N) is 3. The van der Waals surface area contributed by atoms with E-state index in [1.807, 2.05) is 22.9 Å². The minimum absolute atomic E-state index is 0.0897. The number of sulfonamides is 1. The van der Waals surface area contributed by atoms with Crippen LogP contribution in [-0.2, 0) is 14.8 Å². The number of likely N-dealkylation sites (tertiary alicyclic amines) is 2. The lowest BCUT2D eigenvalue weighted by Gasteiger charge is -2.36. The minimum atomic E-state index is -3.67. The molecule has 4 rings (SSSR count). The zero-order valence-corrected chi connectivity index (χ0v) is 15.7. The van der Waals surface area contributed by atoms with Gasteiger partial charge in [-0.1, -0.05) is 12.1 Å². The average Bonchev–Trinajstić information content (AvgIpc) is 3.24. The van der Waals surface area contributed by atoms with Crippen LogP contribution in [0.2, 0.25) is 0 Å². The Morgan fingerprint density at radius 3 is 2.77 bits per heavy atom. The fourth-order valence-corrected chi connectivity index (χ4v) is 5.41. The fraction of sp³-hybridized carbons (Fsp3) is 0.556. The molecule has 0 bridgehead atoms. The summed E-state index contributed by atoms with van der Waals surface area (Å²) in [5.41, 5.74) is 0.610. The Hall–Kier alpha value is -1.93. The predicted octanol–water partition coefficient (Wildman–Crippen LogP) is 0.810. The van der Waals surface area contributed by atoms with Crippen LogP contribution >= 0.6 is 0 Å². The number of nitrogens with one attached hydrogen (secondary N) is 1. The van der Waals surface area contributed by atoms with E-state index in [4.69, 9.17) is 0 Å². The van der Waals surface area contributed by atoms with Crippen molar-refractivity contribution in [2.24, 2.45) is 4.40 Å². The van der Waals surface area contributed by atoms with Crippen molar-refractivity contribution in [3.05, 3.63) is 29.8 Å². The lowest BCUT2D eigenvalue weighted by atomic mass is 10.0. The van der Waals surface area contributed by atoms with Crippen molar-refractivity contribution >= 4 is 21.8 Å². The van der Waals surface area contributed by atoms with Crippen molar-refractivity contribution in [1.29, 1.82) is 0 Å². The topological polar surface area (TPSA) is 82.1 Å². The second kappa shape index (κ2) is 6.66. The van der Waals surface area contributed by atoms with Crippen molar-refractivity contribution < 1.29 is 13.2 Å². The first-order valence-corrected chi connectivity index (χ1v) is 10.6. The molecule has 3 aliphatic heterocycles. The second-order valence-corrected chi connectivity index (χ2v) is 8.72. The number of carbonyl (C=O) groups excluding carboxylic acids is 1. The van der Waals surface area contributed by atoms with Gasteiger partial charge in [0.2, 0.25) is 5.91 Å². The summed E-state index contributed by atoms with van der Waals surface area (Å²) in [4.78, 5) is 17.2. The predicted molar refractivity (Wildman–Crippen MR) is 98.6 cm³/mol. The first kappa shape index (κ1) is 17.5. The molecule has 1 N–H and O–H groups in total. The van der Waals surface area contributed by atoms with E-state index < -0.39 is 10.0 Å². The molecule has 0 radical (unpaired) electrons. The molecule has 140 valence electrons. The van der Waals surface area contributed by atoms with E-state index in [1.54, 1.807) is 18.2 Å². The molecule has 7 nitrogen and oxygen atoms in total. The Bertz CT molecular complexity index is 852. The summed E-state index contributed by atoms with van der Waals surface area (Å²) in [6.45, 7) is 2.13. The minimum Gasteiger partial charge on any atom is -0.343 e. The summed E-state index contributed by atoms with van der Waals surface area (Å²) in [6, 6.07) is 6.86. The molecule has 8 heteroatoms. The van der Waals surface area contributed by atoms with Crippen LogP contribution in [0.5, 0.6) is 0 Å². The van der Waals surface area contributed by atoms with Gasteiger partial charge >= 0.3 is 0 Å². The number of hydrogen-bond donors (Lipinski definition) is 1. The first-order chi connectivity index (χ1) is 12.5. The third kappa shape index (κ3) is 2.91. The van der Waals surface area contributed by atoms with Crippen molar-refractivity contribution in [3.63, 3.8) is 0 Å². The smallest absolute Gasteiger partial charge is 0.285 e. The third-order valence-corrected chi connectivity index (χ3v) is 6.89. The molecule has 0 aromatic heterocycles. The zero-order chi connectivity index (χ0) is 18.3. The maximum atomic E-state index is 13.2. The van der Waals surface area contributed by atoms with Gasteiger partial charge in [0, 0.05) is 31.2 Å². The summed E-state index contributed by atoms with van der Waals surface area (Å²) in [6.07, 6.45) is 3.66. The van der Waals surface area contributed by atoms with Gasteiger partial charge in [0.1, 0.15) is 10.9 Å². The van der Waals surface area contributed by atoms with Gasteiger partial charge in [-0.25, -0.2) is 0 Å². The molecule has 2 fully saturated rings. The molecule has 2 unspecified atom stereocenters. The van der Waals surface area contributed by atoms with Gasteiger partial charge in [-0.05, 0) is 44.9 Å². The standard InChI is InChI=1S/C18H24N4O3S/c1-19-13-6-4-10-21(12-13)18(23)15-8-5-11-22(15)17-14-7-2-3-9-16(14)26(24,25)20-17/h2-3,7,9,13,15,19H,4-6,8,10-12H2,1H3. The van der Waals surface area contributed by atoms with Gasteiger partial charge < -0.3 is 15.1 Å². The van der Waals surface area contributed by atoms with E-state index in [-0.39, 0.29) is 16.8 Å². The fourth-order valence-electron chi connectivity index (χ4n) is 4.20. The largest absolute Gasteiger partial charge is 0.343 e. The molecule has 2 saturated heterocycles. The van der Waals surface area contributed by atoms with Crippen molar-refractivity contribution in [2.45, 2.75) is 42.7 Å². The number of hydrogen-bond acceptors (Lipinski definition) is 5. The molecule has 26 heavy (non-hydrogen) atoms. The Morgan fingerprint density at radius 1 is 1.19 bits per heavy atom. The summed E-state index contributed by atoms with van der Waals surface area (Å²) in [5.74, 6) is 0.519. The lowest BCUT2D eigenvalue weighted by molar-refractivity contribution is -0.136. The Labute approximate surface area is 154 Å². The van der Waals surface area contributed by atoms with E-state index in [9.17, 15) is 13.2 Å². The monoisotopic (exact) mass is 376 g/mol. The third-order valence-electron chi connectivity index (χ3n) is 5.56. The Morgan fingerprint density at radius 2 is 1.96 bits per heavy atom. The summed E-state index contributed by atoms with van der Waals surface area (Å²) in [7, 11) is -1.74. The number of carbonyl (C=O) groups is 1. The van der Waals surface area contributed by atoms with Crippen LogP contribution in [-0.4, -0.2) is 68.7 Å². The molecule has 0 saturated carbocycles. The van der Waals surface area contributed by atoms with Crippen LogP contribution in [0.3, 0.4) is 0 Å². The normalized spacial score (nSPS) is 27.3. The van der Waals surface area contributed by atoms with Crippen molar-refractivity contribution in [1.82, 2.24) is 15.1 Å². The average molecular weight is 376 g/mol. The van der Waals surface area contributed by atoms with Crippen LogP contribution in [0, 0.1) is 0 Å². The van der Waals surface area contributed by atoms with Crippen LogP contribution in [0.4, 0.5) is 0 Å². The summed E-state index contributed by atoms with van der Waals surface area (Å²) < 4.78 is 28.7. The van der Waals surface area contributed by atoms with Crippen LogP contribution in [0.1, 0.15) is 31.2 Å². The molecule has 3 heterocycles. The molecule has 3 aliphatic rings. The number of amides is 1. The van der Waals surface area contributed by atoms with Crippen LogP contribution < -0.4 is 5.32 Å². The quantitative estimate of drug-likeness (QED) is 0.826. The van der Waals surface area contributed by atoms with Gasteiger partial charge in [-0.2, -0.15) is 8.42 Å². The van der Waals surface area contributed by atoms with Crippen molar-refractivity contribution in [3.8, 4) is 0 Å². The molecular formula is C18H24N4O3S. The molecule has 2 atom stereocenters. The molecule has 1 aromatic carbocycles. The van der Waals surface area contributed by atoms with Crippen LogP contribution in [0.15, 0.2) is 33.6 Å². The summed E-state index contributed by atoms with van der Waals surface area (Å²) in [5, 5.41) is 3.26.